The van der Waals surface area contributed by atoms with Crippen molar-refractivity contribution in [3.63, 3.8) is 0 Å². The topological polar surface area (TPSA) is 56.7 Å². The van der Waals surface area contributed by atoms with E-state index in [-0.39, 0.29) is 5.41 Å². The average Bonchev–Trinajstić information content (AvgIpc) is 3.92. The lowest BCUT2D eigenvalue weighted by molar-refractivity contribution is 0.660. The zero-order chi connectivity index (χ0) is 39.2. The van der Waals surface area contributed by atoms with E-state index in [4.69, 9.17) is 19.4 Å². The van der Waals surface area contributed by atoms with E-state index >= 15 is 0 Å². The van der Waals surface area contributed by atoms with Crippen LogP contribution in [0.15, 0.2) is 186 Å². The van der Waals surface area contributed by atoms with Gasteiger partial charge in [-0.1, -0.05) is 159 Å². The van der Waals surface area contributed by atoms with Crippen molar-refractivity contribution in [1.82, 2.24) is 19.5 Å². The maximum absolute atomic E-state index is 6.52. The predicted molar refractivity (Wildman–Crippen MR) is 241 cm³/mol. The molecule has 1 aliphatic carbocycles. The molecule has 0 unspecified atom stereocenters. The van der Waals surface area contributed by atoms with Gasteiger partial charge in [0.2, 0.25) is 5.95 Å². The Morgan fingerprint density at radius 2 is 1.03 bits per heavy atom. The molecule has 5 nitrogen and oxygen atoms in total. The summed E-state index contributed by atoms with van der Waals surface area (Å²) >= 11 is 0. The third-order valence-electron chi connectivity index (χ3n) is 12.3. The highest BCUT2D eigenvalue weighted by Crippen LogP contribution is 2.51. The normalized spacial score (nSPS) is 13.1. The minimum absolute atomic E-state index is 0.161. The lowest BCUT2D eigenvalue weighted by Gasteiger charge is -2.21. The second kappa shape index (κ2) is 12.7. The maximum Gasteiger partial charge on any atom is 0.238 e. The Hall–Kier alpha value is -7.63. The molecule has 59 heavy (non-hydrogen) atoms. The van der Waals surface area contributed by atoms with Crippen molar-refractivity contribution in [3.8, 4) is 62.1 Å². The number of fused-ring (bicyclic) bond motifs is 9. The zero-order valence-corrected chi connectivity index (χ0v) is 32.5. The van der Waals surface area contributed by atoms with Gasteiger partial charge in [-0.15, -0.1) is 0 Å². The van der Waals surface area contributed by atoms with Gasteiger partial charge in [0.25, 0.3) is 0 Å². The Balaban J connectivity index is 1.05. The fourth-order valence-electron chi connectivity index (χ4n) is 9.49. The van der Waals surface area contributed by atoms with E-state index in [9.17, 15) is 0 Å². The minimum atomic E-state index is -0.161. The molecule has 5 heteroatoms. The van der Waals surface area contributed by atoms with Crippen LogP contribution < -0.4 is 0 Å². The summed E-state index contributed by atoms with van der Waals surface area (Å²) < 4.78 is 8.71. The van der Waals surface area contributed by atoms with Crippen LogP contribution in [0.4, 0.5) is 0 Å². The first-order valence-corrected chi connectivity index (χ1v) is 20.1. The highest BCUT2D eigenvalue weighted by molar-refractivity contribution is 6.13. The zero-order valence-electron chi connectivity index (χ0n) is 32.5. The lowest BCUT2D eigenvalue weighted by Crippen LogP contribution is -2.14. The van der Waals surface area contributed by atoms with E-state index in [1.54, 1.807) is 0 Å². The van der Waals surface area contributed by atoms with E-state index in [1.165, 1.54) is 27.8 Å². The second-order valence-electron chi connectivity index (χ2n) is 16.0. The first-order chi connectivity index (χ1) is 29.0. The van der Waals surface area contributed by atoms with Gasteiger partial charge in [0, 0.05) is 38.1 Å². The van der Waals surface area contributed by atoms with Gasteiger partial charge in [-0.2, -0.15) is 9.97 Å². The van der Waals surface area contributed by atoms with Crippen LogP contribution in [0.3, 0.4) is 0 Å². The molecule has 0 amide bonds. The molecule has 0 atom stereocenters. The molecule has 12 rings (SSSR count). The molecule has 0 fully saturated rings. The molecule has 3 aromatic heterocycles. The molecule has 1 aliphatic rings. The quantitative estimate of drug-likeness (QED) is 0.175. The molecule has 278 valence electrons. The predicted octanol–water partition coefficient (Wildman–Crippen LogP) is 13.8. The number of benzene rings is 8. The highest BCUT2D eigenvalue weighted by atomic mass is 16.3. The number of furan rings is 1. The standard InChI is InChI=1S/C54H36N4O/c1-54(2)43-24-9-6-21-40(43)49-42(23-13-25-44(49)54)52-55-51(56-53(57-52)58-45-26-10-7-19-38(45)39-20-8-11-27-46(39)58)36-18-12-17-34(31-36)35-29-30-41-48(32-35)59-47-28-14-22-37(50(41)47)33-15-4-3-5-16-33/h3-32H,1-2H3. The molecular weight excluding hydrogens is 721 g/mol. The number of para-hydroxylation sites is 2. The summed E-state index contributed by atoms with van der Waals surface area (Å²) in [6, 6.07) is 64.1. The fourth-order valence-corrected chi connectivity index (χ4v) is 9.49. The summed E-state index contributed by atoms with van der Waals surface area (Å²) in [6.07, 6.45) is 0. The summed E-state index contributed by atoms with van der Waals surface area (Å²) in [5.41, 5.74) is 15.0. The van der Waals surface area contributed by atoms with Crippen molar-refractivity contribution in [2.75, 3.05) is 0 Å². The van der Waals surface area contributed by atoms with Gasteiger partial charge in [0.1, 0.15) is 11.2 Å². The third kappa shape index (κ3) is 5.08. The second-order valence-corrected chi connectivity index (χ2v) is 16.0. The molecule has 0 spiro atoms. The molecule has 0 bridgehead atoms. The highest BCUT2D eigenvalue weighted by Gasteiger charge is 2.37. The smallest absolute Gasteiger partial charge is 0.238 e. The summed E-state index contributed by atoms with van der Waals surface area (Å²) in [4.78, 5) is 16.0. The van der Waals surface area contributed by atoms with Crippen LogP contribution in [0.1, 0.15) is 25.0 Å². The van der Waals surface area contributed by atoms with Crippen molar-refractivity contribution >= 4 is 43.7 Å². The molecule has 0 N–H and O–H groups in total. The molecular formula is C54H36N4O. The molecule has 0 saturated heterocycles. The maximum atomic E-state index is 6.52. The van der Waals surface area contributed by atoms with Gasteiger partial charge in [-0.25, -0.2) is 4.98 Å². The first-order valence-electron chi connectivity index (χ1n) is 20.1. The van der Waals surface area contributed by atoms with Crippen molar-refractivity contribution < 1.29 is 4.42 Å². The lowest BCUT2D eigenvalue weighted by atomic mass is 9.82. The summed E-state index contributed by atoms with van der Waals surface area (Å²) in [5, 5.41) is 4.53. The van der Waals surface area contributed by atoms with Gasteiger partial charge in [-0.05, 0) is 80.9 Å². The van der Waals surface area contributed by atoms with Gasteiger partial charge < -0.3 is 4.42 Å². The van der Waals surface area contributed by atoms with Crippen LogP contribution in [0.25, 0.3) is 106 Å². The minimum Gasteiger partial charge on any atom is -0.456 e. The Bertz CT molecular complexity index is 3430. The molecule has 0 saturated carbocycles. The molecule has 11 aromatic rings. The van der Waals surface area contributed by atoms with E-state index < -0.39 is 0 Å². The van der Waals surface area contributed by atoms with Crippen LogP contribution in [0.5, 0.6) is 0 Å². The molecule has 8 aromatic carbocycles. The van der Waals surface area contributed by atoms with E-state index in [2.05, 4.69) is 194 Å². The van der Waals surface area contributed by atoms with Crippen molar-refractivity contribution in [2.24, 2.45) is 0 Å². The first kappa shape index (κ1) is 33.5. The van der Waals surface area contributed by atoms with Gasteiger partial charge in [0.05, 0.1) is 11.0 Å². The Morgan fingerprint density at radius 1 is 0.424 bits per heavy atom. The SMILES string of the molecule is CC1(C)c2ccccc2-c2c(-c3nc(-c4cccc(-c5ccc6c(c5)oc5cccc(-c7ccccc7)c56)c4)nc(-n4c5ccccc5c5ccccc54)n3)cccc21. The summed E-state index contributed by atoms with van der Waals surface area (Å²) in [7, 11) is 0. The summed E-state index contributed by atoms with van der Waals surface area (Å²) in [5.74, 6) is 1.82. The monoisotopic (exact) mass is 756 g/mol. The van der Waals surface area contributed by atoms with Crippen molar-refractivity contribution in [3.05, 3.63) is 193 Å². The van der Waals surface area contributed by atoms with Crippen LogP contribution in [0, 0.1) is 0 Å². The Kier molecular flexibility index (Phi) is 7.20. The Morgan fingerprint density at radius 3 is 1.86 bits per heavy atom. The molecule has 3 heterocycles. The van der Waals surface area contributed by atoms with E-state index in [0.29, 0.717) is 17.6 Å². The van der Waals surface area contributed by atoms with Gasteiger partial charge in [-0.3, -0.25) is 4.57 Å². The number of nitrogens with zero attached hydrogens (tertiary/aromatic N) is 4. The number of aromatic nitrogens is 4. The number of hydrogen-bond acceptors (Lipinski definition) is 4. The third-order valence-corrected chi connectivity index (χ3v) is 12.3. The van der Waals surface area contributed by atoms with E-state index in [0.717, 1.165) is 71.6 Å². The molecule has 0 aliphatic heterocycles. The van der Waals surface area contributed by atoms with Crippen molar-refractivity contribution in [2.45, 2.75) is 19.3 Å². The largest absolute Gasteiger partial charge is 0.456 e. The average molecular weight is 757 g/mol. The van der Waals surface area contributed by atoms with E-state index in [1.807, 2.05) is 6.07 Å². The Labute approximate surface area is 340 Å². The number of rotatable bonds is 5. The van der Waals surface area contributed by atoms with Crippen LogP contribution >= 0.6 is 0 Å². The van der Waals surface area contributed by atoms with Gasteiger partial charge in [0.15, 0.2) is 11.6 Å². The summed E-state index contributed by atoms with van der Waals surface area (Å²) in [6.45, 7) is 4.61. The van der Waals surface area contributed by atoms with Crippen LogP contribution in [-0.2, 0) is 5.41 Å². The van der Waals surface area contributed by atoms with Crippen LogP contribution in [0.2, 0.25) is 0 Å². The van der Waals surface area contributed by atoms with Crippen LogP contribution in [-0.4, -0.2) is 19.5 Å². The van der Waals surface area contributed by atoms with Crippen molar-refractivity contribution in [1.29, 1.82) is 0 Å². The van der Waals surface area contributed by atoms with Gasteiger partial charge >= 0.3 is 0 Å². The molecule has 0 radical (unpaired) electrons. The number of hydrogen-bond donors (Lipinski definition) is 0. The fraction of sp³-hybridized carbons (Fsp3) is 0.0556.